The Balaban J connectivity index is 1.82. The van der Waals surface area contributed by atoms with E-state index in [1.807, 2.05) is 37.3 Å². The average molecular weight is 278 g/mol. The van der Waals surface area contributed by atoms with Crippen LogP contribution in [0.5, 0.6) is 0 Å². The Morgan fingerprint density at radius 2 is 2.10 bits per heavy atom. The Kier molecular flexibility index (Phi) is 3.57. The van der Waals surface area contributed by atoms with Crippen LogP contribution in [0.4, 0.5) is 4.79 Å². The topological polar surface area (TPSA) is 51.2 Å². The Hall–Kier alpha value is -2.80. The Bertz CT molecular complexity index is 744. The Labute approximate surface area is 123 Å². The molecule has 1 N–H and O–H groups in total. The number of nitrogens with one attached hydrogen (secondary N) is 1. The van der Waals surface area contributed by atoms with E-state index in [2.05, 4.69) is 22.1 Å². The van der Waals surface area contributed by atoms with Gasteiger partial charge in [-0.3, -0.25) is 4.98 Å². The third-order valence-electron chi connectivity index (χ3n) is 3.20. The summed E-state index contributed by atoms with van der Waals surface area (Å²) in [6.45, 7) is 2.37. The van der Waals surface area contributed by atoms with Gasteiger partial charge in [-0.1, -0.05) is 24.0 Å². The molecule has 4 nitrogen and oxygen atoms in total. The molecular formula is C17H14N2O2. The minimum atomic E-state index is -0.392. The predicted octanol–water partition coefficient (Wildman–Crippen LogP) is 2.57. The van der Waals surface area contributed by atoms with Crippen molar-refractivity contribution in [2.75, 3.05) is 6.61 Å². The molecule has 1 atom stereocenters. The number of benzene rings is 1. The van der Waals surface area contributed by atoms with E-state index in [1.54, 1.807) is 12.4 Å². The zero-order valence-electron chi connectivity index (χ0n) is 11.6. The molecule has 0 aliphatic carbocycles. The van der Waals surface area contributed by atoms with Gasteiger partial charge < -0.3 is 10.1 Å². The first-order valence-electron chi connectivity index (χ1n) is 6.67. The molecule has 1 aromatic heterocycles. The molecule has 1 aromatic carbocycles. The number of carbonyl (C=O) groups is 1. The van der Waals surface area contributed by atoms with E-state index in [-0.39, 0.29) is 6.04 Å². The maximum absolute atomic E-state index is 11.1. The molecule has 0 radical (unpaired) electrons. The Morgan fingerprint density at radius 1 is 1.24 bits per heavy atom. The minimum absolute atomic E-state index is 0.147. The summed E-state index contributed by atoms with van der Waals surface area (Å²) in [5, 5.41) is 2.73. The number of hydrogen-bond acceptors (Lipinski definition) is 3. The number of aryl methyl sites for hydroxylation is 1. The van der Waals surface area contributed by atoms with Gasteiger partial charge in [0.1, 0.15) is 6.61 Å². The lowest BCUT2D eigenvalue weighted by Crippen LogP contribution is -2.18. The number of aromatic nitrogens is 1. The fourth-order valence-corrected chi connectivity index (χ4v) is 2.15. The van der Waals surface area contributed by atoms with Crippen LogP contribution >= 0.6 is 0 Å². The fraction of sp³-hybridized carbons (Fsp3) is 0.176. The van der Waals surface area contributed by atoms with Gasteiger partial charge in [0.05, 0.1) is 6.04 Å². The van der Waals surface area contributed by atoms with Crippen LogP contribution in [0.25, 0.3) is 0 Å². The monoisotopic (exact) mass is 278 g/mol. The summed E-state index contributed by atoms with van der Waals surface area (Å²) < 4.78 is 4.89. The van der Waals surface area contributed by atoms with Crippen molar-refractivity contribution in [3.8, 4) is 11.8 Å². The van der Waals surface area contributed by atoms with Crippen LogP contribution in [-0.2, 0) is 4.74 Å². The highest BCUT2D eigenvalue weighted by Crippen LogP contribution is 2.17. The van der Waals surface area contributed by atoms with Crippen molar-refractivity contribution in [1.82, 2.24) is 10.3 Å². The third-order valence-corrected chi connectivity index (χ3v) is 3.20. The number of amides is 1. The molecule has 3 rings (SSSR count). The van der Waals surface area contributed by atoms with Gasteiger partial charge >= 0.3 is 6.09 Å². The van der Waals surface area contributed by atoms with Crippen LogP contribution in [0.15, 0.2) is 42.7 Å². The SMILES string of the molecule is Cc1cccc(C#Cc2cncc(C3COC(=O)N3)c2)c1. The van der Waals surface area contributed by atoms with Gasteiger partial charge in [-0.25, -0.2) is 4.79 Å². The third kappa shape index (κ3) is 3.21. The lowest BCUT2D eigenvalue weighted by molar-refractivity contribution is 0.177. The van der Waals surface area contributed by atoms with Crippen molar-refractivity contribution >= 4 is 6.09 Å². The van der Waals surface area contributed by atoms with E-state index in [4.69, 9.17) is 4.74 Å². The van der Waals surface area contributed by atoms with Gasteiger partial charge in [-0.2, -0.15) is 0 Å². The largest absolute Gasteiger partial charge is 0.447 e. The first kappa shape index (κ1) is 13.2. The van der Waals surface area contributed by atoms with E-state index < -0.39 is 6.09 Å². The maximum atomic E-state index is 11.1. The van der Waals surface area contributed by atoms with Crippen molar-refractivity contribution in [1.29, 1.82) is 0 Å². The van der Waals surface area contributed by atoms with Gasteiger partial charge in [-0.05, 0) is 36.2 Å². The smallest absolute Gasteiger partial charge is 0.407 e. The lowest BCUT2D eigenvalue weighted by atomic mass is 10.1. The van der Waals surface area contributed by atoms with E-state index in [0.29, 0.717) is 6.61 Å². The average Bonchev–Trinajstić information content (AvgIpc) is 2.92. The number of carbonyl (C=O) groups excluding carboxylic acids is 1. The van der Waals surface area contributed by atoms with Gasteiger partial charge in [0.15, 0.2) is 0 Å². The second kappa shape index (κ2) is 5.68. The quantitative estimate of drug-likeness (QED) is 0.816. The summed E-state index contributed by atoms with van der Waals surface area (Å²) in [6, 6.07) is 9.81. The first-order valence-corrected chi connectivity index (χ1v) is 6.67. The highest BCUT2D eigenvalue weighted by atomic mass is 16.6. The molecule has 1 aliphatic heterocycles. The predicted molar refractivity (Wildman–Crippen MR) is 78.6 cm³/mol. The molecule has 1 fully saturated rings. The summed E-state index contributed by atoms with van der Waals surface area (Å²) in [5.74, 6) is 6.22. The highest BCUT2D eigenvalue weighted by molar-refractivity contribution is 5.70. The number of pyridine rings is 1. The first-order chi connectivity index (χ1) is 10.2. The molecule has 0 spiro atoms. The number of hydrogen-bond donors (Lipinski definition) is 1. The van der Waals surface area contributed by atoms with Crippen molar-refractivity contribution < 1.29 is 9.53 Å². The maximum Gasteiger partial charge on any atom is 0.407 e. The van der Waals surface area contributed by atoms with Crippen molar-refractivity contribution in [3.05, 3.63) is 65.0 Å². The molecule has 1 aliphatic rings. The Morgan fingerprint density at radius 3 is 2.86 bits per heavy atom. The van der Waals surface area contributed by atoms with Crippen LogP contribution in [0.2, 0.25) is 0 Å². The molecule has 104 valence electrons. The van der Waals surface area contributed by atoms with Crippen molar-refractivity contribution in [3.63, 3.8) is 0 Å². The van der Waals surface area contributed by atoms with Crippen LogP contribution in [-0.4, -0.2) is 17.7 Å². The van der Waals surface area contributed by atoms with Gasteiger partial charge in [-0.15, -0.1) is 0 Å². The summed E-state index contributed by atoms with van der Waals surface area (Å²) in [7, 11) is 0. The summed E-state index contributed by atoms with van der Waals surface area (Å²) in [5.41, 5.74) is 3.87. The second-order valence-electron chi connectivity index (χ2n) is 4.92. The summed E-state index contributed by atoms with van der Waals surface area (Å²) >= 11 is 0. The van der Waals surface area contributed by atoms with Crippen molar-refractivity contribution in [2.45, 2.75) is 13.0 Å². The normalized spacial score (nSPS) is 16.6. The van der Waals surface area contributed by atoms with Gasteiger partial charge in [0, 0.05) is 23.5 Å². The number of nitrogens with zero attached hydrogens (tertiary/aromatic N) is 1. The molecule has 1 unspecified atom stereocenters. The molecular weight excluding hydrogens is 264 g/mol. The zero-order valence-corrected chi connectivity index (χ0v) is 11.6. The standard InChI is InChI=1S/C17H14N2O2/c1-12-3-2-4-13(7-12)5-6-14-8-15(10-18-9-14)16-11-21-17(20)19-16/h2-4,7-10,16H,11H2,1H3,(H,19,20). The minimum Gasteiger partial charge on any atom is -0.447 e. The number of alkyl carbamates (subject to hydrolysis) is 1. The van der Waals surface area contributed by atoms with Crippen LogP contribution in [0.1, 0.15) is 28.3 Å². The van der Waals surface area contributed by atoms with E-state index >= 15 is 0 Å². The van der Waals surface area contributed by atoms with Crippen molar-refractivity contribution in [2.24, 2.45) is 0 Å². The number of rotatable bonds is 1. The molecule has 1 saturated heterocycles. The van der Waals surface area contributed by atoms with Crippen LogP contribution in [0.3, 0.4) is 0 Å². The van der Waals surface area contributed by atoms with Gasteiger partial charge in [0.2, 0.25) is 0 Å². The van der Waals surface area contributed by atoms with E-state index in [0.717, 1.165) is 16.7 Å². The van der Waals surface area contributed by atoms with Crippen LogP contribution in [0, 0.1) is 18.8 Å². The summed E-state index contributed by atoms with van der Waals surface area (Å²) in [6.07, 6.45) is 3.04. The molecule has 21 heavy (non-hydrogen) atoms. The highest BCUT2D eigenvalue weighted by Gasteiger charge is 2.23. The van der Waals surface area contributed by atoms with E-state index in [1.165, 1.54) is 5.56 Å². The van der Waals surface area contributed by atoms with Gasteiger partial charge in [0.25, 0.3) is 0 Å². The molecule has 0 saturated carbocycles. The molecule has 2 aromatic rings. The lowest BCUT2D eigenvalue weighted by Gasteiger charge is -2.06. The molecule has 1 amide bonds. The number of cyclic esters (lactones) is 1. The molecule has 4 heteroatoms. The number of ether oxygens (including phenoxy) is 1. The molecule has 0 bridgehead atoms. The summed E-state index contributed by atoms with van der Waals surface area (Å²) in [4.78, 5) is 15.2. The fourth-order valence-electron chi connectivity index (χ4n) is 2.15. The molecule has 2 heterocycles. The van der Waals surface area contributed by atoms with Crippen LogP contribution < -0.4 is 5.32 Å². The van der Waals surface area contributed by atoms with E-state index in [9.17, 15) is 4.79 Å². The zero-order chi connectivity index (χ0) is 14.7. The second-order valence-corrected chi connectivity index (χ2v) is 4.92.